The second-order valence-electron chi connectivity index (χ2n) is 4.99. The van der Waals surface area contributed by atoms with E-state index in [0.29, 0.717) is 28.9 Å². The van der Waals surface area contributed by atoms with Gasteiger partial charge in [0, 0.05) is 12.8 Å². The average molecular weight is 335 g/mol. The van der Waals surface area contributed by atoms with Crippen molar-refractivity contribution in [3.8, 4) is 0 Å². The smallest absolute Gasteiger partial charge is 0.339 e. The molecule has 3 heterocycles. The molecule has 0 spiro atoms. The van der Waals surface area contributed by atoms with E-state index < -0.39 is 0 Å². The Morgan fingerprint density at radius 3 is 3.13 bits per heavy atom. The molecule has 0 bridgehead atoms. The molecule has 8 nitrogen and oxygen atoms in total. The van der Waals surface area contributed by atoms with Crippen LogP contribution in [0.1, 0.15) is 30.1 Å². The molecule has 1 aliphatic rings. The van der Waals surface area contributed by atoms with Gasteiger partial charge in [-0.2, -0.15) is 0 Å². The summed E-state index contributed by atoms with van der Waals surface area (Å²) in [6.07, 6.45) is 3.76. The number of rotatable bonds is 6. The molecule has 0 N–H and O–H groups in total. The second kappa shape index (κ2) is 7.51. The van der Waals surface area contributed by atoms with E-state index >= 15 is 0 Å². The molecular weight excluding hydrogens is 318 g/mol. The fourth-order valence-corrected chi connectivity index (χ4v) is 2.96. The summed E-state index contributed by atoms with van der Waals surface area (Å²) in [5, 5.41) is 13.1. The molecule has 3 rings (SSSR count). The predicted octanol–water partition coefficient (Wildman–Crippen LogP) is 1.57. The van der Waals surface area contributed by atoms with Crippen molar-refractivity contribution >= 4 is 17.7 Å². The Morgan fingerprint density at radius 1 is 1.52 bits per heavy atom. The zero-order valence-electron chi connectivity index (χ0n) is 12.7. The molecular formula is C14H17N5O3S. The Hall–Kier alpha value is -2.00. The van der Waals surface area contributed by atoms with Crippen molar-refractivity contribution in [2.24, 2.45) is 0 Å². The summed E-state index contributed by atoms with van der Waals surface area (Å²) in [5.41, 5.74) is 0.426. The maximum atomic E-state index is 11.6. The summed E-state index contributed by atoms with van der Waals surface area (Å²) in [6, 6.07) is 3.43. The van der Waals surface area contributed by atoms with E-state index in [4.69, 9.17) is 9.47 Å². The van der Waals surface area contributed by atoms with Crippen LogP contribution >= 0.6 is 11.8 Å². The molecule has 0 saturated carbocycles. The van der Waals surface area contributed by atoms with Gasteiger partial charge in [-0.3, -0.25) is 0 Å². The van der Waals surface area contributed by atoms with Crippen LogP contribution in [0, 0.1) is 0 Å². The molecule has 122 valence electrons. The number of hydrogen-bond donors (Lipinski definition) is 0. The Kier molecular flexibility index (Phi) is 5.19. The molecule has 2 aromatic heterocycles. The fourth-order valence-electron chi connectivity index (χ4n) is 2.23. The van der Waals surface area contributed by atoms with E-state index in [1.807, 2.05) is 0 Å². The van der Waals surface area contributed by atoms with E-state index in [1.54, 1.807) is 23.7 Å². The number of carbonyl (C=O) groups excluding carboxylic acids is 1. The minimum absolute atomic E-state index is 0.164. The lowest BCUT2D eigenvalue weighted by molar-refractivity contribution is 0.0525. The predicted molar refractivity (Wildman–Crippen MR) is 81.1 cm³/mol. The first-order valence-corrected chi connectivity index (χ1v) is 8.26. The largest absolute Gasteiger partial charge is 0.462 e. The molecule has 2 aromatic rings. The third-order valence-corrected chi connectivity index (χ3v) is 4.27. The lowest BCUT2D eigenvalue weighted by Gasteiger charge is -2.09. The normalized spacial score (nSPS) is 17.3. The van der Waals surface area contributed by atoms with E-state index in [9.17, 15) is 4.79 Å². The lowest BCUT2D eigenvalue weighted by atomic mass is 10.2. The Labute approximate surface area is 137 Å². The minimum atomic E-state index is -0.375. The van der Waals surface area contributed by atoms with Gasteiger partial charge in [-0.25, -0.2) is 14.5 Å². The van der Waals surface area contributed by atoms with Gasteiger partial charge in [0.05, 0.1) is 24.8 Å². The molecule has 0 radical (unpaired) electrons. The summed E-state index contributed by atoms with van der Waals surface area (Å²) in [6.45, 7) is 3.54. The van der Waals surface area contributed by atoms with Gasteiger partial charge < -0.3 is 9.47 Å². The van der Waals surface area contributed by atoms with Crippen LogP contribution in [0.4, 0.5) is 0 Å². The number of hydrogen-bond acceptors (Lipinski definition) is 8. The summed E-state index contributed by atoms with van der Waals surface area (Å²) in [4.78, 5) is 15.9. The molecule has 1 saturated heterocycles. The highest BCUT2D eigenvalue weighted by molar-refractivity contribution is 7.99. The highest BCUT2D eigenvalue weighted by Crippen LogP contribution is 2.24. The first-order valence-electron chi connectivity index (χ1n) is 7.45. The van der Waals surface area contributed by atoms with Crippen molar-refractivity contribution in [3.63, 3.8) is 0 Å². The van der Waals surface area contributed by atoms with Crippen molar-refractivity contribution in [2.45, 2.75) is 42.6 Å². The van der Waals surface area contributed by atoms with E-state index in [1.165, 1.54) is 18.0 Å². The van der Waals surface area contributed by atoms with Crippen molar-refractivity contribution in [1.82, 2.24) is 25.2 Å². The zero-order valence-corrected chi connectivity index (χ0v) is 13.5. The van der Waals surface area contributed by atoms with Crippen LogP contribution in [0.3, 0.4) is 0 Å². The van der Waals surface area contributed by atoms with Crippen LogP contribution < -0.4 is 0 Å². The molecule has 1 aliphatic heterocycles. The highest BCUT2D eigenvalue weighted by Gasteiger charge is 2.19. The summed E-state index contributed by atoms with van der Waals surface area (Å²) >= 11 is 1.35. The topological polar surface area (TPSA) is 92.0 Å². The quantitative estimate of drug-likeness (QED) is 0.735. The van der Waals surface area contributed by atoms with Gasteiger partial charge in [0.1, 0.15) is 5.03 Å². The number of aromatic nitrogens is 5. The van der Waals surface area contributed by atoms with Crippen LogP contribution in [0.5, 0.6) is 0 Å². The van der Waals surface area contributed by atoms with Gasteiger partial charge in [-0.1, -0.05) is 0 Å². The molecule has 0 aromatic carbocycles. The third kappa shape index (κ3) is 4.05. The number of tetrazole rings is 1. The maximum absolute atomic E-state index is 11.6. The standard InChI is InChI=1S/C14H17N5O3S/c1-2-21-13(20)10-5-6-12(15-8-10)23-14-16-17-18-19(14)9-11-4-3-7-22-11/h5-6,8,11H,2-4,7,9H2,1H3/t11-/m0/s1. The summed E-state index contributed by atoms with van der Waals surface area (Å²) < 4.78 is 12.3. The van der Waals surface area contributed by atoms with E-state index in [0.717, 1.165) is 19.4 Å². The number of ether oxygens (including phenoxy) is 2. The van der Waals surface area contributed by atoms with E-state index in [2.05, 4.69) is 20.5 Å². The number of pyridine rings is 1. The van der Waals surface area contributed by atoms with Gasteiger partial charge in [0.25, 0.3) is 0 Å². The third-order valence-electron chi connectivity index (χ3n) is 3.34. The zero-order chi connectivity index (χ0) is 16.1. The molecule has 0 aliphatic carbocycles. The number of carbonyl (C=O) groups is 1. The highest BCUT2D eigenvalue weighted by atomic mass is 32.2. The van der Waals surface area contributed by atoms with Gasteiger partial charge in [0.2, 0.25) is 5.16 Å². The maximum Gasteiger partial charge on any atom is 0.339 e. The van der Waals surface area contributed by atoms with Crippen LogP contribution in [0.25, 0.3) is 0 Å². The Bertz CT molecular complexity index is 655. The molecule has 0 amide bonds. The Balaban J connectivity index is 1.65. The first-order chi connectivity index (χ1) is 11.3. The average Bonchev–Trinajstić information content (AvgIpc) is 3.21. The van der Waals surface area contributed by atoms with Crippen LogP contribution in [-0.2, 0) is 16.0 Å². The first kappa shape index (κ1) is 15.9. The monoisotopic (exact) mass is 335 g/mol. The van der Waals surface area contributed by atoms with E-state index in [-0.39, 0.29) is 12.1 Å². The molecule has 1 atom stereocenters. The van der Waals surface area contributed by atoms with Crippen molar-refractivity contribution < 1.29 is 14.3 Å². The minimum Gasteiger partial charge on any atom is -0.462 e. The molecule has 1 fully saturated rings. The molecule has 0 unspecified atom stereocenters. The molecule has 9 heteroatoms. The SMILES string of the molecule is CCOC(=O)c1ccc(Sc2nnnn2C[C@@H]2CCCO2)nc1. The second-order valence-corrected chi connectivity index (χ2v) is 5.97. The van der Waals surface area contributed by atoms with Crippen molar-refractivity contribution in [2.75, 3.05) is 13.2 Å². The Morgan fingerprint density at radius 2 is 2.43 bits per heavy atom. The van der Waals surface area contributed by atoms with Crippen molar-refractivity contribution in [1.29, 1.82) is 0 Å². The number of nitrogens with zero attached hydrogens (tertiary/aromatic N) is 5. The van der Waals surface area contributed by atoms with Crippen LogP contribution in [-0.4, -0.2) is 50.5 Å². The summed E-state index contributed by atoms with van der Waals surface area (Å²) in [7, 11) is 0. The lowest BCUT2D eigenvalue weighted by Crippen LogP contribution is -2.16. The fraction of sp³-hybridized carbons (Fsp3) is 0.500. The van der Waals surface area contributed by atoms with Gasteiger partial charge in [-0.05, 0) is 54.1 Å². The van der Waals surface area contributed by atoms with Gasteiger partial charge in [0.15, 0.2) is 0 Å². The van der Waals surface area contributed by atoms with Gasteiger partial charge >= 0.3 is 5.97 Å². The molecule has 23 heavy (non-hydrogen) atoms. The van der Waals surface area contributed by atoms with Crippen LogP contribution in [0.2, 0.25) is 0 Å². The van der Waals surface area contributed by atoms with Crippen molar-refractivity contribution in [3.05, 3.63) is 23.9 Å². The number of esters is 1. The van der Waals surface area contributed by atoms with Gasteiger partial charge in [-0.15, -0.1) is 5.10 Å². The summed E-state index contributed by atoms with van der Waals surface area (Å²) in [5.74, 6) is -0.375. The van der Waals surface area contributed by atoms with Crippen LogP contribution in [0.15, 0.2) is 28.5 Å².